The van der Waals surface area contributed by atoms with Crippen LogP contribution in [0, 0.1) is 6.92 Å². The van der Waals surface area contributed by atoms with Gasteiger partial charge in [-0.15, -0.1) is 0 Å². The van der Waals surface area contributed by atoms with Gasteiger partial charge >= 0.3 is 0 Å². The third-order valence-electron chi connectivity index (χ3n) is 3.02. The molecular formula is C17H20O. The van der Waals surface area contributed by atoms with Gasteiger partial charge in [0.05, 0.1) is 0 Å². The maximum Gasteiger partial charge on any atom is 0.123 e. The molecule has 0 amide bonds. The smallest absolute Gasteiger partial charge is 0.123 e. The van der Waals surface area contributed by atoms with Crippen molar-refractivity contribution in [2.75, 3.05) is 0 Å². The highest BCUT2D eigenvalue weighted by atomic mass is 16.5. The van der Waals surface area contributed by atoms with Crippen LogP contribution in [0.2, 0.25) is 0 Å². The fraction of sp³-hybridized carbons (Fsp3) is 0.294. The molecule has 0 fully saturated rings. The first-order valence-corrected chi connectivity index (χ1v) is 6.44. The van der Waals surface area contributed by atoms with E-state index >= 15 is 0 Å². The Kier molecular flexibility index (Phi) is 4.03. The van der Waals surface area contributed by atoms with Gasteiger partial charge in [0.25, 0.3) is 0 Å². The maximum atomic E-state index is 5.94. The Morgan fingerprint density at radius 3 is 2.50 bits per heavy atom. The third-order valence-corrected chi connectivity index (χ3v) is 3.02. The van der Waals surface area contributed by atoms with Gasteiger partial charge in [0.2, 0.25) is 0 Å². The van der Waals surface area contributed by atoms with E-state index in [1.54, 1.807) is 0 Å². The van der Waals surface area contributed by atoms with E-state index in [0.29, 0.717) is 12.5 Å². The highest BCUT2D eigenvalue weighted by Gasteiger charge is 2.06. The Hall–Kier alpha value is -1.76. The summed E-state index contributed by atoms with van der Waals surface area (Å²) in [5.41, 5.74) is 3.76. The van der Waals surface area contributed by atoms with Crippen LogP contribution in [0.15, 0.2) is 48.5 Å². The average Bonchev–Trinajstić information content (AvgIpc) is 2.37. The monoisotopic (exact) mass is 240 g/mol. The normalized spacial score (nSPS) is 10.7. The second kappa shape index (κ2) is 5.72. The molecule has 2 aromatic rings. The summed E-state index contributed by atoms with van der Waals surface area (Å²) in [7, 11) is 0. The van der Waals surface area contributed by atoms with Crippen molar-refractivity contribution in [2.45, 2.75) is 33.3 Å². The Balaban J connectivity index is 2.11. The molecule has 0 bridgehead atoms. The van der Waals surface area contributed by atoms with Crippen LogP contribution in [0.25, 0.3) is 0 Å². The standard InChI is InChI=1S/C17H20O/c1-13(2)16-9-4-5-10-17(16)18-12-15-8-6-7-14(3)11-15/h4-11,13H,12H2,1-3H3. The summed E-state index contributed by atoms with van der Waals surface area (Å²) >= 11 is 0. The van der Waals surface area contributed by atoms with Crippen LogP contribution in [0.4, 0.5) is 0 Å². The molecule has 1 heteroatoms. The zero-order chi connectivity index (χ0) is 13.0. The van der Waals surface area contributed by atoms with Gasteiger partial charge in [-0.25, -0.2) is 0 Å². The van der Waals surface area contributed by atoms with Crippen molar-refractivity contribution in [3.8, 4) is 5.75 Å². The zero-order valence-electron chi connectivity index (χ0n) is 11.3. The molecule has 2 rings (SSSR count). The van der Waals surface area contributed by atoms with Gasteiger partial charge in [-0.1, -0.05) is 61.9 Å². The minimum Gasteiger partial charge on any atom is -0.489 e. The SMILES string of the molecule is Cc1cccc(COc2ccccc2C(C)C)c1. The van der Waals surface area contributed by atoms with Crippen molar-refractivity contribution in [3.63, 3.8) is 0 Å². The molecule has 1 nitrogen and oxygen atoms in total. The molecule has 0 saturated heterocycles. The fourth-order valence-electron chi connectivity index (χ4n) is 2.05. The van der Waals surface area contributed by atoms with E-state index in [-0.39, 0.29) is 0 Å². The molecular weight excluding hydrogens is 220 g/mol. The van der Waals surface area contributed by atoms with Gasteiger partial charge in [0, 0.05) is 0 Å². The summed E-state index contributed by atoms with van der Waals surface area (Å²) in [6.45, 7) is 7.11. The van der Waals surface area contributed by atoms with Crippen molar-refractivity contribution in [2.24, 2.45) is 0 Å². The number of para-hydroxylation sites is 1. The Labute approximate surface area is 109 Å². The molecule has 0 N–H and O–H groups in total. The maximum absolute atomic E-state index is 5.94. The van der Waals surface area contributed by atoms with Crippen molar-refractivity contribution in [1.82, 2.24) is 0 Å². The highest BCUT2D eigenvalue weighted by Crippen LogP contribution is 2.26. The minimum absolute atomic E-state index is 0.485. The van der Waals surface area contributed by atoms with E-state index in [9.17, 15) is 0 Å². The quantitative estimate of drug-likeness (QED) is 0.752. The summed E-state index contributed by atoms with van der Waals surface area (Å²) in [5.74, 6) is 1.48. The number of ether oxygens (including phenoxy) is 1. The second-order valence-electron chi connectivity index (χ2n) is 4.97. The van der Waals surface area contributed by atoms with E-state index in [4.69, 9.17) is 4.74 Å². The molecule has 0 radical (unpaired) electrons. The third kappa shape index (κ3) is 3.13. The van der Waals surface area contributed by atoms with Crippen molar-refractivity contribution < 1.29 is 4.74 Å². The van der Waals surface area contributed by atoms with Crippen LogP contribution in [0.5, 0.6) is 5.75 Å². The Bertz CT molecular complexity index is 515. The van der Waals surface area contributed by atoms with Gasteiger partial charge in [0.1, 0.15) is 12.4 Å². The highest BCUT2D eigenvalue weighted by molar-refractivity contribution is 5.36. The van der Waals surface area contributed by atoms with E-state index in [0.717, 1.165) is 5.75 Å². The van der Waals surface area contributed by atoms with E-state index in [2.05, 4.69) is 57.2 Å². The number of hydrogen-bond acceptors (Lipinski definition) is 1. The molecule has 94 valence electrons. The molecule has 0 aliphatic rings. The largest absolute Gasteiger partial charge is 0.489 e. The molecule has 0 atom stereocenters. The summed E-state index contributed by atoms with van der Waals surface area (Å²) in [6.07, 6.45) is 0. The van der Waals surface area contributed by atoms with Gasteiger partial charge in [0.15, 0.2) is 0 Å². The first kappa shape index (κ1) is 12.7. The van der Waals surface area contributed by atoms with E-state index < -0.39 is 0 Å². The van der Waals surface area contributed by atoms with Crippen LogP contribution < -0.4 is 4.74 Å². The molecule has 2 aromatic carbocycles. The molecule has 0 spiro atoms. The summed E-state index contributed by atoms with van der Waals surface area (Å²) < 4.78 is 5.94. The summed E-state index contributed by atoms with van der Waals surface area (Å²) in [5, 5.41) is 0. The molecule has 0 aromatic heterocycles. The van der Waals surface area contributed by atoms with Gasteiger partial charge in [-0.05, 0) is 30.0 Å². The van der Waals surface area contributed by atoms with Gasteiger partial charge in [-0.2, -0.15) is 0 Å². The van der Waals surface area contributed by atoms with Gasteiger partial charge in [-0.3, -0.25) is 0 Å². The Morgan fingerprint density at radius 1 is 1.00 bits per heavy atom. The summed E-state index contributed by atoms with van der Waals surface area (Å²) in [6, 6.07) is 16.7. The fourth-order valence-corrected chi connectivity index (χ4v) is 2.05. The van der Waals surface area contributed by atoms with Crippen LogP contribution >= 0.6 is 0 Å². The average molecular weight is 240 g/mol. The molecule has 0 aliphatic heterocycles. The topological polar surface area (TPSA) is 9.23 Å². The van der Waals surface area contributed by atoms with Crippen molar-refractivity contribution in [3.05, 3.63) is 65.2 Å². The lowest BCUT2D eigenvalue weighted by Crippen LogP contribution is -1.99. The van der Waals surface area contributed by atoms with Crippen LogP contribution in [-0.2, 0) is 6.61 Å². The van der Waals surface area contributed by atoms with Crippen molar-refractivity contribution in [1.29, 1.82) is 0 Å². The van der Waals surface area contributed by atoms with Gasteiger partial charge < -0.3 is 4.74 Å². The number of aryl methyl sites for hydroxylation is 1. The molecule has 0 aliphatic carbocycles. The predicted octanol–water partition coefficient (Wildman–Crippen LogP) is 4.70. The van der Waals surface area contributed by atoms with Crippen LogP contribution in [-0.4, -0.2) is 0 Å². The molecule has 0 unspecified atom stereocenters. The van der Waals surface area contributed by atoms with E-state index in [1.165, 1.54) is 16.7 Å². The molecule has 18 heavy (non-hydrogen) atoms. The second-order valence-corrected chi connectivity index (χ2v) is 4.97. The summed E-state index contributed by atoms with van der Waals surface area (Å²) in [4.78, 5) is 0. The number of hydrogen-bond donors (Lipinski definition) is 0. The van der Waals surface area contributed by atoms with Crippen molar-refractivity contribution >= 4 is 0 Å². The molecule has 0 heterocycles. The lowest BCUT2D eigenvalue weighted by molar-refractivity contribution is 0.301. The number of rotatable bonds is 4. The zero-order valence-corrected chi connectivity index (χ0v) is 11.3. The lowest BCUT2D eigenvalue weighted by atomic mass is 10.0. The minimum atomic E-state index is 0.485. The predicted molar refractivity (Wildman–Crippen MR) is 76.0 cm³/mol. The lowest BCUT2D eigenvalue weighted by Gasteiger charge is -2.14. The first-order valence-electron chi connectivity index (χ1n) is 6.44. The Morgan fingerprint density at radius 2 is 1.78 bits per heavy atom. The first-order chi connectivity index (χ1) is 8.66. The van der Waals surface area contributed by atoms with Crippen LogP contribution in [0.3, 0.4) is 0 Å². The van der Waals surface area contributed by atoms with Crippen LogP contribution in [0.1, 0.15) is 36.5 Å². The van der Waals surface area contributed by atoms with E-state index in [1.807, 2.05) is 12.1 Å². The molecule has 0 saturated carbocycles. The number of benzene rings is 2.